The van der Waals surface area contributed by atoms with Crippen molar-refractivity contribution in [1.82, 2.24) is 4.90 Å². The third-order valence-electron chi connectivity index (χ3n) is 4.71. The summed E-state index contributed by atoms with van der Waals surface area (Å²) in [7, 11) is 1.38. The van der Waals surface area contributed by atoms with E-state index < -0.39 is 0 Å². The van der Waals surface area contributed by atoms with Crippen molar-refractivity contribution < 1.29 is 23.8 Å². The summed E-state index contributed by atoms with van der Waals surface area (Å²) in [6.07, 6.45) is 1.54. The van der Waals surface area contributed by atoms with Gasteiger partial charge in [0.05, 0.1) is 13.5 Å². The molecule has 6 heteroatoms. The summed E-state index contributed by atoms with van der Waals surface area (Å²) >= 11 is 0. The fourth-order valence-electron chi connectivity index (χ4n) is 3.08. The van der Waals surface area contributed by atoms with Gasteiger partial charge in [-0.25, -0.2) is 4.79 Å². The van der Waals surface area contributed by atoms with Crippen molar-refractivity contribution in [2.45, 2.75) is 32.0 Å². The van der Waals surface area contributed by atoms with E-state index in [1.165, 1.54) is 7.11 Å². The molecule has 0 aliphatic carbocycles. The third-order valence-corrected chi connectivity index (χ3v) is 4.71. The number of amides is 1. The predicted molar refractivity (Wildman–Crippen MR) is 104 cm³/mol. The van der Waals surface area contributed by atoms with E-state index in [2.05, 4.69) is 4.74 Å². The zero-order valence-corrected chi connectivity index (χ0v) is 16.0. The molecule has 2 aromatic rings. The first-order valence-corrected chi connectivity index (χ1v) is 9.42. The molecule has 0 spiro atoms. The number of rotatable bonds is 6. The van der Waals surface area contributed by atoms with Crippen molar-refractivity contribution in [3.63, 3.8) is 0 Å². The van der Waals surface area contributed by atoms with Crippen LogP contribution < -0.4 is 4.74 Å². The van der Waals surface area contributed by atoms with Crippen LogP contribution in [0.1, 0.15) is 24.0 Å². The van der Waals surface area contributed by atoms with E-state index in [4.69, 9.17) is 9.47 Å². The Bertz CT molecular complexity index is 767. The molecule has 3 rings (SSSR count). The quantitative estimate of drug-likeness (QED) is 0.714. The number of likely N-dealkylation sites (tertiary alicyclic amines) is 1. The first-order chi connectivity index (χ1) is 13.6. The molecule has 28 heavy (non-hydrogen) atoms. The van der Waals surface area contributed by atoms with Gasteiger partial charge in [0.2, 0.25) is 0 Å². The summed E-state index contributed by atoms with van der Waals surface area (Å²) in [6.45, 7) is 1.51. The molecule has 0 saturated carbocycles. The smallest absolute Gasteiger partial charge is 0.410 e. The molecule has 0 unspecified atom stereocenters. The molecule has 2 aromatic carbocycles. The Morgan fingerprint density at radius 2 is 1.64 bits per heavy atom. The van der Waals surface area contributed by atoms with Gasteiger partial charge in [0.1, 0.15) is 18.5 Å². The fraction of sp³-hybridized carbons (Fsp3) is 0.364. The molecule has 148 valence electrons. The number of methoxy groups -OCH3 is 1. The van der Waals surface area contributed by atoms with Gasteiger partial charge in [-0.3, -0.25) is 4.79 Å². The number of benzene rings is 2. The SMILES string of the molecule is COC(=O)Cc1ccc(OC2CCN(C(=O)OCc3ccccc3)CC2)cc1. The van der Waals surface area contributed by atoms with Crippen LogP contribution in [0.5, 0.6) is 5.75 Å². The van der Waals surface area contributed by atoms with Crippen LogP contribution in [0, 0.1) is 0 Å². The van der Waals surface area contributed by atoms with E-state index in [1.807, 2.05) is 54.6 Å². The predicted octanol–water partition coefficient (Wildman–Crippen LogP) is 3.58. The largest absolute Gasteiger partial charge is 0.490 e. The van der Waals surface area contributed by atoms with Gasteiger partial charge in [0.25, 0.3) is 0 Å². The number of nitrogens with zero attached hydrogens (tertiary/aromatic N) is 1. The molecule has 0 radical (unpaired) electrons. The van der Waals surface area contributed by atoms with Gasteiger partial charge in [-0.1, -0.05) is 42.5 Å². The van der Waals surface area contributed by atoms with Crippen LogP contribution in [-0.2, 0) is 27.3 Å². The molecule has 1 aliphatic heterocycles. The highest BCUT2D eigenvalue weighted by Crippen LogP contribution is 2.20. The number of carbonyl (C=O) groups excluding carboxylic acids is 2. The van der Waals surface area contributed by atoms with Crippen molar-refractivity contribution in [3.8, 4) is 5.75 Å². The summed E-state index contributed by atoms with van der Waals surface area (Å²) < 4.78 is 16.1. The fourth-order valence-corrected chi connectivity index (χ4v) is 3.08. The third kappa shape index (κ3) is 5.74. The van der Waals surface area contributed by atoms with Gasteiger partial charge >= 0.3 is 12.1 Å². The second-order valence-corrected chi connectivity index (χ2v) is 6.74. The van der Waals surface area contributed by atoms with Crippen LogP contribution in [0.15, 0.2) is 54.6 Å². The normalized spacial score (nSPS) is 14.4. The number of esters is 1. The van der Waals surface area contributed by atoms with Crippen LogP contribution in [0.25, 0.3) is 0 Å². The Hall–Kier alpha value is -3.02. The molecule has 6 nitrogen and oxygen atoms in total. The minimum Gasteiger partial charge on any atom is -0.490 e. The van der Waals surface area contributed by atoms with Crippen LogP contribution in [0.2, 0.25) is 0 Å². The van der Waals surface area contributed by atoms with Gasteiger partial charge < -0.3 is 19.1 Å². The van der Waals surface area contributed by atoms with Crippen LogP contribution in [0.4, 0.5) is 4.79 Å². The average molecular weight is 383 g/mol. The van der Waals surface area contributed by atoms with E-state index in [9.17, 15) is 9.59 Å². The lowest BCUT2D eigenvalue weighted by Gasteiger charge is -2.31. The first-order valence-electron chi connectivity index (χ1n) is 9.42. The highest BCUT2D eigenvalue weighted by Gasteiger charge is 2.25. The zero-order valence-electron chi connectivity index (χ0n) is 16.0. The molecule has 0 aromatic heterocycles. The molecule has 1 aliphatic rings. The number of ether oxygens (including phenoxy) is 3. The van der Waals surface area contributed by atoms with E-state index in [1.54, 1.807) is 4.90 Å². The van der Waals surface area contributed by atoms with E-state index in [0.717, 1.165) is 29.7 Å². The summed E-state index contributed by atoms with van der Waals surface area (Å²) in [4.78, 5) is 25.2. The number of hydrogen-bond acceptors (Lipinski definition) is 5. The van der Waals surface area contributed by atoms with Crippen molar-refractivity contribution >= 4 is 12.1 Å². The standard InChI is InChI=1S/C22H25NO5/c1-26-21(24)15-17-7-9-19(10-8-17)28-20-11-13-23(14-12-20)22(25)27-16-18-5-3-2-4-6-18/h2-10,20H,11-16H2,1H3. The van der Waals surface area contributed by atoms with Gasteiger partial charge in [0, 0.05) is 25.9 Å². The molecule has 1 amide bonds. The number of carbonyl (C=O) groups is 2. The number of piperidine rings is 1. The summed E-state index contributed by atoms with van der Waals surface area (Å²) in [5.41, 5.74) is 1.86. The Morgan fingerprint density at radius 3 is 2.29 bits per heavy atom. The first kappa shape index (κ1) is 19.7. The second-order valence-electron chi connectivity index (χ2n) is 6.74. The average Bonchev–Trinajstić information content (AvgIpc) is 2.74. The Morgan fingerprint density at radius 1 is 0.964 bits per heavy atom. The molecule has 1 heterocycles. The molecule has 0 bridgehead atoms. The highest BCUT2D eigenvalue weighted by atomic mass is 16.6. The molecular formula is C22H25NO5. The minimum atomic E-state index is -0.283. The lowest BCUT2D eigenvalue weighted by molar-refractivity contribution is -0.139. The Kier molecular flexibility index (Phi) is 6.89. The van der Waals surface area contributed by atoms with E-state index in [-0.39, 0.29) is 31.2 Å². The number of hydrogen-bond donors (Lipinski definition) is 0. The zero-order chi connectivity index (χ0) is 19.8. The van der Waals surface area contributed by atoms with Crippen LogP contribution in [0.3, 0.4) is 0 Å². The maximum absolute atomic E-state index is 12.2. The molecule has 0 atom stereocenters. The van der Waals surface area contributed by atoms with E-state index in [0.29, 0.717) is 13.1 Å². The van der Waals surface area contributed by atoms with E-state index >= 15 is 0 Å². The second kappa shape index (κ2) is 9.78. The maximum Gasteiger partial charge on any atom is 0.410 e. The topological polar surface area (TPSA) is 65.1 Å². The van der Waals surface area contributed by atoms with Crippen molar-refractivity contribution in [2.75, 3.05) is 20.2 Å². The monoisotopic (exact) mass is 383 g/mol. The lowest BCUT2D eigenvalue weighted by Crippen LogP contribution is -2.42. The van der Waals surface area contributed by atoms with Crippen molar-refractivity contribution in [2.24, 2.45) is 0 Å². The molecule has 1 saturated heterocycles. The summed E-state index contributed by atoms with van der Waals surface area (Å²) in [5.74, 6) is 0.499. The van der Waals surface area contributed by atoms with Crippen LogP contribution >= 0.6 is 0 Å². The van der Waals surface area contributed by atoms with Gasteiger partial charge in [-0.05, 0) is 23.3 Å². The van der Waals surface area contributed by atoms with Crippen molar-refractivity contribution in [1.29, 1.82) is 0 Å². The summed E-state index contributed by atoms with van der Waals surface area (Å²) in [5, 5.41) is 0. The highest BCUT2D eigenvalue weighted by molar-refractivity contribution is 5.72. The molecular weight excluding hydrogens is 358 g/mol. The Labute approximate surface area is 165 Å². The Balaban J connectivity index is 1.41. The summed E-state index contributed by atoms with van der Waals surface area (Å²) in [6, 6.07) is 17.1. The van der Waals surface area contributed by atoms with Crippen LogP contribution in [-0.4, -0.2) is 43.3 Å². The molecule has 1 fully saturated rings. The van der Waals surface area contributed by atoms with Gasteiger partial charge in [-0.15, -0.1) is 0 Å². The van der Waals surface area contributed by atoms with Crippen molar-refractivity contribution in [3.05, 3.63) is 65.7 Å². The molecule has 0 N–H and O–H groups in total. The lowest BCUT2D eigenvalue weighted by atomic mass is 10.1. The maximum atomic E-state index is 12.2. The van der Waals surface area contributed by atoms with Gasteiger partial charge in [0.15, 0.2) is 0 Å². The van der Waals surface area contributed by atoms with Gasteiger partial charge in [-0.2, -0.15) is 0 Å². The minimum absolute atomic E-state index is 0.0598.